The van der Waals surface area contributed by atoms with Crippen molar-refractivity contribution in [2.45, 2.75) is 18.1 Å². The number of nitrogens with zero attached hydrogens (tertiary/aromatic N) is 4. The number of sulfone groups is 1. The van der Waals surface area contributed by atoms with Gasteiger partial charge in [0, 0.05) is 25.0 Å². The Bertz CT molecular complexity index is 1220. The molecule has 0 bridgehead atoms. The van der Waals surface area contributed by atoms with Gasteiger partial charge in [-0.15, -0.1) is 0 Å². The van der Waals surface area contributed by atoms with Crippen LogP contribution >= 0.6 is 0 Å². The van der Waals surface area contributed by atoms with Crippen LogP contribution in [0.15, 0.2) is 71.5 Å². The Morgan fingerprint density at radius 3 is 2.50 bits per heavy atom. The maximum atomic E-state index is 12.5. The first-order valence-electron chi connectivity index (χ1n) is 9.25. The van der Waals surface area contributed by atoms with Crippen LogP contribution in [0.4, 0.5) is 0 Å². The molecule has 0 fully saturated rings. The predicted molar refractivity (Wildman–Crippen MR) is 110 cm³/mol. The summed E-state index contributed by atoms with van der Waals surface area (Å²) in [5.41, 5.74) is 1.42. The van der Waals surface area contributed by atoms with Crippen LogP contribution in [-0.2, 0) is 35.0 Å². The van der Waals surface area contributed by atoms with Crippen molar-refractivity contribution in [3.05, 3.63) is 84.3 Å². The van der Waals surface area contributed by atoms with Crippen molar-refractivity contribution in [1.29, 1.82) is 0 Å². The van der Waals surface area contributed by atoms with Gasteiger partial charge in [-0.3, -0.25) is 0 Å². The SMILES string of the molecule is Cn1ccnc1COc1ccc(CS(=O)(=O)Cc2nc(-c3ccccc3)no2)cc1. The van der Waals surface area contributed by atoms with E-state index in [1.165, 1.54) is 0 Å². The summed E-state index contributed by atoms with van der Waals surface area (Å²) < 4.78 is 37.8. The third-order valence-corrected chi connectivity index (χ3v) is 5.90. The molecule has 0 N–H and O–H groups in total. The molecule has 2 aromatic carbocycles. The molecular formula is C21H20N4O4S. The zero-order valence-electron chi connectivity index (χ0n) is 16.3. The predicted octanol–water partition coefficient (Wildman–Crippen LogP) is 3.16. The smallest absolute Gasteiger partial charge is 0.242 e. The largest absolute Gasteiger partial charge is 0.486 e. The van der Waals surface area contributed by atoms with Crippen LogP contribution in [-0.4, -0.2) is 28.1 Å². The second-order valence-electron chi connectivity index (χ2n) is 6.80. The molecule has 30 heavy (non-hydrogen) atoms. The van der Waals surface area contributed by atoms with Crippen molar-refractivity contribution < 1.29 is 17.7 Å². The third-order valence-electron chi connectivity index (χ3n) is 4.44. The Labute approximate surface area is 174 Å². The van der Waals surface area contributed by atoms with Gasteiger partial charge in [0.1, 0.15) is 23.9 Å². The van der Waals surface area contributed by atoms with Gasteiger partial charge in [-0.2, -0.15) is 4.98 Å². The fraction of sp³-hybridized carbons (Fsp3) is 0.190. The van der Waals surface area contributed by atoms with E-state index in [4.69, 9.17) is 9.26 Å². The van der Waals surface area contributed by atoms with Gasteiger partial charge < -0.3 is 13.8 Å². The molecule has 0 aliphatic carbocycles. The highest BCUT2D eigenvalue weighted by atomic mass is 32.2. The fourth-order valence-corrected chi connectivity index (χ4v) is 4.17. The minimum absolute atomic E-state index is 0.0730. The van der Waals surface area contributed by atoms with Crippen LogP contribution < -0.4 is 4.74 Å². The second kappa shape index (κ2) is 8.50. The number of imidazole rings is 1. The van der Waals surface area contributed by atoms with Crippen LogP contribution in [0.5, 0.6) is 5.75 Å². The van der Waals surface area contributed by atoms with Gasteiger partial charge in [0.15, 0.2) is 9.84 Å². The topological polar surface area (TPSA) is 100 Å². The lowest BCUT2D eigenvalue weighted by molar-refractivity contribution is 0.292. The minimum Gasteiger partial charge on any atom is -0.486 e. The molecule has 0 saturated carbocycles. The average molecular weight is 424 g/mol. The highest BCUT2D eigenvalue weighted by Gasteiger charge is 2.19. The number of aryl methyl sites for hydroxylation is 1. The Kier molecular flexibility index (Phi) is 5.62. The van der Waals surface area contributed by atoms with Gasteiger partial charge in [0.2, 0.25) is 11.7 Å². The molecule has 0 aliphatic heterocycles. The zero-order valence-corrected chi connectivity index (χ0v) is 17.1. The summed E-state index contributed by atoms with van der Waals surface area (Å²) in [5.74, 6) is 1.44. The zero-order chi connectivity index (χ0) is 21.0. The van der Waals surface area contributed by atoms with E-state index < -0.39 is 9.84 Å². The molecule has 0 saturated heterocycles. The quantitative estimate of drug-likeness (QED) is 0.428. The maximum Gasteiger partial charge on any atom is 0.242 e. The van der Waals surface area contributed by atoms with Gasteiger partial charge in [-0.1, -0.05) is 47.6 Å². The van der Waals surface area contributed by atoms with Crippen molar-refractivity contribution in [2.75, 3.05) is 0 Å². The normalized spacial score (nSPS) is 11.5. The summed E-state index contributed by atoms with van der Waals surface area (Å²) in [5, 5.41) is 3.86. The fourth-order valence-electron chi connectivity index (χ4n) is 2.88. The van der Waals surface area contributed by atoms with E-state index in [1.54, 1.807) is 30.5 Å². The standard InChI is InChI=1S/C21H20N4O4S/c1-25-12-11-22-19(25)13-28-18-9-7-16(8-10-18)14-30(26,27)15-20-23-21(24-29-20)17-5-3-2-4-6-17/h2-12H,13-15H2,1H3. The molecule has 4 aromatic rings. The van der Waals surface area contributed by atoms with Gasteiger partial charge in [0.05, 0.1) is 5.75 Å². The van der Waals surface area contributed by atoms with Crippen molar-refractivity contribution in [1.82, 2.24) is 19.7 Å². The highest BCUT2D eigenvalue weighted by Crippen LogP contribution is 2.19. The van der Waals surface area contributed by atoms with E-state index in [2.05, 4.69) is 15.1 Å². The Morgan fingerprint density at radius 1 is 1.03 bits per heavy atom. The number of rotatable bonds is 8. The Balaban J connectivity index is 1.36. The van der Waals surface area contributed by atoms with Gasteiger partial charge in [0.25, 0.3) is 0 Å². The van der Waals surface area contributed by atoms with Gasteiger partial charge in [-0.05, 0) is 17.7 Å². The number of benzene rings is 2. The lowest BCUT2D eigenvalue weighted by Gasteiger charge is -2.07. The van der Waals surface area contributed by atoms with Crippen molar-refractivity contribution in [2.24, 2.45) is 7.05 Å². The summed E-state index contributed by atoms with van der Waals surface area (Å²) >= 11 is 0. The second-order valence-corrected chi connectivity index (χ2v) is 8.86. The molecule has 154 valence electrons. The maximum absolute atomic E-state index is 12.5. The minimum atomic E-state index is -3.47. The summed E-state index contributed by atoms with van der Waals surface area (Å²) in [6.07, 6.45) is 3.55. The van der Waals surface area contributed by atoms with Crippen LogP contribution in [0.3, 0.4) is 0 Å². The monoisotopic (exact) mass is 424 g/mol. The van der Waals surface area contributed by atoms with Crippen molar-refractivity contribution >= 4 is 9.84 Å². The van der Waals surface area contributed by atoms with Crippen molar-refractivity contribution in [3.63, 3.8) is 0 Å². The molecule has 4 rings (SSSR count). The summed E-state index contributed by atoms with van der Waals surface area (Å²) in [6, 6.07) is 16.2. The molecule has 0 spiro atoms. The summed E-state index contributed by atoms with van der Waals surface area (Å²) in [4.78, 5) is 8.39. The van der Waals surface area contributed by atoms with E-state index in [-0.39, 0.29) is 17.4 Å². The Morgan fingerprint density at radius 2 is 1.80 bits per heavy atom. The molecule has 8 nitrogen and oxygen atoms in total. The van der Waals surface area contributed by atoms with E-state index in [9.17, 15) is 8.42 Å². The lowest BCUT2D eigenvalue weighted by Crippen LogP contribution is -2.08. The molecule has 0 aliphatic rings. The van der Waals surface area contributed by atoms with E-state index >= 15 is 0 Å². The average Bonchev–Trinajstić information content (AvgIpc) is 3.36. The highest BCUT2D eigenvalue weighted by molar-refractivity contribution is 7.89. The summed E-state index contributed by atoms with van der Waals surface area (Å²) in [6.45, 7) is 0.335. The number of hydrogen-bond donors (Lipinski definition) is 0. The molecule has 9 heteroatoms. The first-order chi connectivity index (χ1) is 14.5. The molecule has 2 heterocycles. The third kappa shape index (κ3) is 4.93. The number of aromatic nitrogens is 4. The van der Waals surface area contributed by atoms with E-state index in [0.29, 0.717) is 23.7 Å². The number of hydrogen-bond acceptors (Lipinski definition) is 7. The van der Waals surface area contributed by atoms with Crippen molar-refractivity contribution in [3.8, 4) is 17.1 Å². The molecular weight excluding hydrogens is 404 g/mol. The van der Waals surface area contributed by atoms with Crippen LogP contribution in [0.2, 0.25) is 0 Å². The molecule has 0 amide bonds. The summed E-state index contributed by atoms with van der Waals surface area (Å²) in [7, 11) is -1.58. The molecule has 0 radical (unpaired) electrons. The van der Waals surface area contributed by atoms with Crippen LogP contribution in [0.1, 0.15) is 17.3 Å². The number of ether oxygens (including phenoxy) is 1. The molecule has 2 aromatic heterocycles. The first-order valence-corrected chi connectivity index (χ1v) is 11.1. The molecule has 0 unspecified atom stereocenters. The molecule has 0 atom stereocenters. The van der Waals surface area contributed by atoms with Gasteiger partial charge in [-0.25, -0.2) is 13.4 Å². The van der Waals surface area contributed by atoms with Gasteiger partial charge >= 0.3 is 0 Å². The first kappa shape index (κ1) is 19.8. The lowest BCUT2D eigenvalue weighted by atomic mass is 10.2. The van der Waals surface area contributed by atoms with E-state index in [0.717, 1.165) is 11.4 Å². The van der Waals surface area contributed by atoms with Crippen LogP contribution in [0, 0.1) is 0 Å². The van der Waals surface area contributed by atoms with E-state index in [1.807, 2.05) is 48.1 Å². The Hall–Kier alpha value is -3.46. The van der Waals surface area contributed by atoms with Crippen LogP contribution in [0.25, 0.3) is 11.4 Å².